The molecule has 12 heteroatoms. The van der Waals surface area contributed by atoms with E-state index >= 15 is 0 Å². The minimum Gasteiger partial charge on any atom is -0.481 e. The Balaban J connectivity index is 2.43. The number of hydrogen-bond acceptors (Lipinski definition) is 6. The summed E-state index contributed by atoms with van der Waals surface area (Å²) in [5.74, 6) is -2.15. The Bertz CT molecular complexity index is 1520. The molecule has 0 saturated heterocycles. The molecule has 3 N–H and O–H groups in total. The number of nitrogens with one attached hydrogen (secondary N) is 2. The number of aromatic nitrogens is 1. The number of aryl methyl sites for hydroxylation is 1. The summed E-state index contributed by atoms with van der Waals surface area (Å²) in [6, 6.07) is -2.02. The maximum Gasteiger partial charge on any atom is 0.410 e. The number of aliphatic carboxylic acids is 1. The molecular formula is C36H57N5O7. The lowest BCUT2D eigenvalue weighted by molar-refractivity contribution is -0.140. The summed E-state index contributed by atoms with van der Waals surface area (Å²) in [6.45, 7) is 16.6. The lowest BCUT2D eigenvalue weighted by Gasteiger charge is -2.41. The molecule has 268 valence electrons. The van der Waals surface area contributed by atoms with Crippen LogP contribution in [0.25, 0.3) is 12.2 Å². The zero-order valence-corrected chi connectivity index (χ0v) is 30.9. The van der Waals surface area contributed by atoms with Crippen molar-refractivity contribution in [1.82, 2.24) is 25.0 Å². The predicted molar refractivity (Wildman–Crippen MR) is 186 cm³/mol. The molecule has 0 fully saturated rings. The Morgan fingerprint density at radius 1 is 1.02 bits per heavy atom. The van der Waals surface area contributed by atoms with Gasteiger partial charge >= 0.3 is 12.1 Å². The Morgan fingerprint density at radius 3 is 2.19 bits per heavy atom. The fourth-order valence-electron chi connectivity index (χ4n) is 5.79. The number of carbonyl (C=O) groups is 5. The zero-order valence-electron chi connectivity index (χ0n) is 30.9. The van der Waals surface area contributed by atoms with Crippen LogP contribution in [-0.4, -0.2) is 94.1 Å². The van der Waals surface area contributed by atoms with Gasteiger partial charge in [-0.2, -0.15) is 0 Å². The van der Waals surface area contributed by atoms with Gasteiger partial charge in [0.25, 0.3) is 0 Å². The van der Waals surface area contributed by atoms with E-state index in [0.717, 1.165) is 29.0 Å². The molecule has 2 atom stereocenters. The molecule has 1 aliphatic carbocycles. The second-order valence-electron chi connectivity index (χ2n) is 15.3. The van der Waals surface area contributed by atoms with Gasteiger partial charge in [-0.05, 0) is 63.2 Å². The molecule has 0 bridgehead atoms. The third kappa shape index (κ3) is 10.5. The Labute approximate surface area is 285 Å². The Hall–Kier alpha value is -4.09. The van der Waals surface area contributed by atoms with Gasteiger partial charge in [0.05, 0.1) is 0 Å². The number of likely N-dealkylation sites (N-methyl/N-ethyl adjacent to an activating group) is 2. The number of carbonyl (C=O) groups excluding carboxylic acids is 4. The van der Waals surface area contributed by atoms with Crippen LogP contribution in [0.2, 0.25) is 0 Å². The monoisotopic (exact) mass is 671 g/mol. The first-order chi connectivity index (χ1) is 22.0. The third-order valence-corrected chi connectivity index (χ3v) is 8.47. The van der Waals surface area contributed by atoms with E-state index in [1.165, 1.54) is 9.80 Å². The summed E-state index contributed by atoms with van der Waals surface area (Å²) in [4.78, 5) is 67.8. The average molecular weight is 672 g/mol. The minimum atomic E-state index is -1.05. The van der Waals surface area contributed by atoms with Crippen LogP contribution in [0.3, 0.4) is 0 Å². The van der Waals surface area contributed by atoms with Crippen molar-refractivity contribution in [2.24, 2.45) is 12.5 Å². The fraction of sp³-hybridized carbons (Fsp3) is 0.639. The molecule has 1 heterocycles. The lowest BCUT2D eigenvalue weighted by Crippen LogP contribution is -2.63. The van der Waals surface area contributed by atoms with Gasteiger partial charge in [0.15, 0.2) is 0 Å². The van der Waals surface area contributed by atoms with Crippen molar-refractivity contribution >= 4 is 41.9 Å². The van der Waals surface area contributed by atoms with Gasteiger partial charge in [-0.15, -0.1) is 0 Å². The first-order valence-corrected chi connectivity index (χ1v) is 16.5. The number of rotatable bonds is 13. The van der Waals surface area contributed by atoms with E-state index in [9.17, 15) is 24.0 Å². The smallest absolute Gasteiger partial charge is 0.410 e. The van der Waals surface area contributed by atoms with Crippen LogP contribution < -0.4 is 21.2 Å². The molecule has 4 amide bonds. The SMILES string of the molecule is C/C(=C\CN(C)C(=O)C(NC(=O)C(N(C)C(=O)OC(C)(C)C)C(C)(C)c1cn(C)c2c1=CCCC=2)C(C)(C)C)C(=O)NCCCC(=O)O. The molecule has 1 aromatic heterocycles. The molecule has 0 aliphatic heterocycles. The molecule has 0 saturated carbocycles. The average Bonchev–Trinajstić information content (AvgIpc) is 3.31. The molecule has 1 aliphatic rings. The van der Waals surface area contributed by atoms with Gasteiger partial charge in [0, 0.05) is 63.2 Å². The summed E-state index contributed by atoms with van der Waals surface area (Å²) in [5, 5.41) is 16.6. The van der Waals surface area contributed by atoms with Gasteiger partial charge in [0.1, 0.15) is 17.7 Å². The Morgan fingerprint density at radius 2 is 1.62 bits per heavy atom. The van der Waals surface area contributed by atoms with E-state index in [2.05, 4.69) is 22.8 Å². The first kappa shape index (κ1) is 40.1. The van der Waals surface area contributed by atoms with Crippen molar-refractivity contribution in [3.05, 3.63) is 34.0 Å². The van der Waals surface area contributed by atoms with Crippen LogP contribution in [0, 0.1) is 5.41 Å². The minimum absolute atomic E-state index is 0.0452. The van der Waals surface area contributed by atoms with Crippen LogP contribution in [-0.2, 0) is 36.4 Å². The molecular weight excluding hydrogens is 614 g/mol. The highest BCUT2D eigenvalue weighted by Gasteiger charge is 2.46. The highest BCUT2D eigenvalue weighted by molar-refractivity contribution is 5.94. The van der Waals surface area contributed by atoms with Gasteiger partial charge < -0.3 is 29.9 Å². The second kappa shape index (κ2) is 15.9. The summed E-state index contributed by atoms with van der Waals surface area (Å²) in [7, 11) is 5.11. The summed E-state index contributed by atoms with van der Waals surface area (Å²) >= 11 is 0. The summed E-state index contributed by atoms with van der Waals surface area (Å²) in [6.07, 6.45) is 9.34. The predicted octanol–water partition coefficient (Wildman–Crippen LogP) is 2.81. The van der Waals surface area contributed by atoms with E-state index in [1.54, 1.807) is 47.9 Å². The first-order valence-electron chi connectivity index (χ1n) is 16.5. The molecule has 0 spiro atoms. The van der Waals surface area contributed by atoms with Gasteiger partial charge in [-0.1, -0.05) is 52.8 Å². The van der Waals surface area contributed by atoms with Crippen molar-refractivity contribution in [3.63, 3.8) is 0 Å². The molecule has 1 aromatic rings. The van der Waals surface area contributed by atoms with Crippen LogP contribution in [0.15, 0.2) is 17.8 Å². The zero-order chi connectivity index (χ0) is 36.8. The third-order valence-electron chi connectivity index (χ3n) is 8.47. The normalized spacial score (nSPS) is 14.8. The second-order valence-corrected chi connectivity index (χ2v) is 15.3. The summed E-state index contributed by atoms with van der Waals surface area (Å²) < 4.78 is 7.73. The molecule has 2 rings (SSSR count). The maximum atomic E-state index is 14.5. The lowest BCUT2D eigenvalue weighted by atomic mass is 9.76. The molecule has 2 unspecified atom stereocenters. The van der Waals surface area contributed by atoms with Crippen molar-refractivity contribution in [2.45, 2.75) is 111 Å². The number of carboxylic acids is 1. The summed E-state index contributed by atoms with van der Waals surface area (Å²) in [5.41, 5.74) is -1.13. The van der Waals surface area contributed by atoms with Crippen molar-refractivity contribution in [1.29, 1.82) is 0 Å². The van der Waals surface area contributed by atoms with E-state index in [0.29, 0.717) is 12.0 Å². The number of carboxylic acid groups (broad SMARTS) is 1. The highest BCUT2D eigenvalue weighted by atomic mass is 16.6. The fourth-order valence-corrected chi connectivity index (χ4v) is 5.79. The molecule has 48 heavy (non-hydrogen) atoms. The van der Waals surface area contributed by atoms with Gasteiger partial charge in [-0.25, -0.2) is 4.79 Å². The standard InChI is InChI=1S/C36H57N5O7/c1-23(30(44)37-20-15-18-27(42)43)19-21-39(10)32(46)28(34(2,3)4)38-31(45)29(41(12)33(47)48-35(5,6)7)36(8,9)25-22-40(11)26-17-14-13-16-24(25)26/h16-17,19,22,28-29H,13-15,18,20-21H2,1-12H3,(H,37,44)(H,38,45)(H,42,43)/b23-19+. The van der Waals surface area contributed by atoms with E-state index in [1.807, 2.05) is 52.4 Å². The largest absolute Gasteiger partial charge is 0.481 e. The van der Waals surface area contributed by atoms with E-state index < -0.39 is 46.5 Å². The van der Waals surface area contributed by atoms with E-state index in [4.69, 9.17) is 9.84 Å². The molecule has 0 aromatic carbocycles. The number of fused-ring (bicyclic) bond motifs is 1. The van der Waals surface area contributed by atoms with Crippen molar-refractivity contribution in [2.75, 3.05) is 27.2 Å². The number of amides is 4. The quantitative estimate of drug-likeness (QED) is 0.216. The van der Waals surface area contributed by atoms with Crippen LogP contribution in [0.5, 0.6) is 0 Å². The van der Waals surface area contributed by atoms with E-state index in [-0.39, 0.29) is 31.3 Å². The van der Waals surface area contributed by atoms with Crippen LogP contribution in [0.1, 0.15) is 93.6 Å². The van der Waals surface area contributed by atoms with Gasteiger partial charge in [-0.3, -0.25) is 24.1 Å². The number of ether oxygens (including phenoxy) is 1. The topological polar surface area (TPSA) is 150 Å². The van der Waals surface area contributed by atoms with Crippen LogP contribution in [0.4, 0.5) is 4.79 Å². The Kier molecular flexibility index (Phi) is 13.3. The maximum absolute atomic E-state index is 14.5. The van der Waals surface area contributed by atoms with Crippen molar-refractivity contribution in [3.8, 4) is 0 Å². The van der Waals surface area contributed by atoms with Gasteiger partial charge in [0.2, 0.25) is 17.7 Å². The highest BCUT2D eigenvalue weighted by Crippen LogP contribution is 2.31. The molecule has 0 radical (unpaired) electrons. The molecule has 12 nitrogen and oxygen atoms in total. The van der Waals surface area contributed by atoms with Crippen LogP contribution >= 0.6 is 0 Å². The van der Waals surface area contributed by atoms with Crippen molar-refractivity contribution < 1.29 is 33.8 Å². The number of hydrogen-bond donors (Lipinski definition) is 3. The number of nitrogens with zero attached hydrogens (tertiary/aromatic N) is 3.